The van der Waals surface area contributed by atoms with Crippen molar-refractivity contribution in [3.05, 3.63) is 76.4 Å². The van der Waals surface area contributed by atoms with Crippen LogP contribution >= 0.6 is 0 Å². The summed E-state index contributed by atoms with van der Waals surface area (Å²) in [5, 5.41) is 3.51. The highest BCUT2D eigenvalue weighted by Gasteiger charge is 2.34. The predicted octanol–water partition coefficient (Wildman–Crippen LogP) is 2.92. The Labute approximate surface area is 159 Å². The number of carbonyl (C=O) groups excluding carboxylic acids is 2. The molecule has 0 aliphatic carbocycles. The van der Waals surface area contributed by atoms with Crippen LogP contribution in [0.25, 0.3) is 11.0 Å². The average molecular weight is 380 g/mol. The van der Waals surface area contributed by atoms with Gasteiger partial charge in [-0.05, 0) is 42.0 Å². The van der Waals surface area contributed by atoms with Crippen molar-refractivity contribution in [3.63, 3.8) is 0 Å². The van der Waals surface area contributed by atoms with Gasteiger partial charge >= 0.3 is 5.63 Å². The van der Waals surface area contributed by atoms with Crippen LogP contribution in [0.1, 0.15) is 12.0 Å². The van der Waals surface area contributed by atoms with Gasteiger partial charge in [0.05, 0.1) is 5.92 Å². The molecule has 142 valence electrons. The lowest BCUT2D eigenvalue weighted by Crippen LogP contribution is -2.28. The van der Waals surface area contributed by atoms with E-state index in [1.165, 1.54) is 18.2 Å². The summed E-state index contributed by atoms with van der Waals surface area (Å²) in [6.07, 6.45) is 0.134. The van der Waals surface area contributed by atoms with Crippen molar-refractivity contribution in [2.75, 3.05) is 11.9 Å². The van der Waals surface area contributed by atoms with Gasteiger partial charge in [-0.3, -0.25) is 9.59 Å². The van der Waals surface area contributed by atoms with Gasteiger partial charge in [-0.25, -0.2) is 9.18 Å². The Balaban J connectivity index is 1.42. The molecule has 0 unspecified atom stereocenters. The summed E-state index contributed by atoms with van der Waals surface area (Å²) in [5.41, 5.74) is 1.38. The number of carbonyl (C=O) groups is 2. The normalized spacial score (nSPS) is 16.5. The number of benzene rings is 2. The van der Waals surface area contributed by atoms with Gasteiger partial charge in [0.1, 0.15) is 11.4 Å². The first kappa shape index (κ1) is 17.9. The van der Waals surface area contributed by atoms with Crippen molar-refractivity contribution >= 4 is 28.5 Å². The highest BCUT2D eigenvalue weighted by atomic mass is 19.1. The van der Waals surface area contributed by atoms with Gasteiger partial charge in [-0.1, -0.05) is 12.1 Å². The van der Waals surface area contributed by atoms with Crippen LogP contribution in [0.5, 0.6) is 0 Å². The number of hydrogen-bond acceptors (Lipinski definition) is 4. The number of halogens is 1. The molecule has 4 rings (SSSR count). The van der Waals surface area contributed by atoms with Crippen molar-refractivity contribution in [1.29, 1.82) is 0 Å². The molecule has 6 nitrogen and oxygen atoms in total. The highest BCUT2D eigenvalue weighted by Crippen LogP contribution is 2.23. The lowest BCUT2D eigenvalue weighted by atomic mass is 10.1. The Hall–Kier alpha value is -3.48. The Morgan fingerprint density at radius 1 is 1.11 bits per heavy atom. The summed E-state index contributed by atoms with van der Waals surface area (Å²) in [4.78, 5) is 37.7. The third-order valence-corrected chi connectivity index (χ3v) is 4.76. The Kier molecular flexibility index (Phi) is 4.65. The lowest BCUT2D eigenvalue weighted by molar-refractivity contribution is -0.128. The SMILES string of the molecule is O=C(Nc1ccc2oc(=O)ccc2c1)[C@@H]1CC(=O)N(Cc2ccc(F)cc2)C1. The molecule has 0 spiro atoms. The smallest absolute Gasteiger partial charge is 0.336 e. The zero-order valence-electron chi connectivity index (χ0n) is 14.9. The minimum absolute atomic E-state index is 0.107. The summed E-state index contributed by atoms with van der Waals surface area (Å²) >= 11 is 0. The van der Waals surface area contributed by atoms with Gasteiger partial charge in [0.2, 0.25) is 11.8 Å². The summed E-state index contributed by atoms with van der Waals surface area (Å²) in [6.45, 7) is 0.655. The highest BCUT2D eigenvalue weighted by molar-refractivity contribution is 5.98. The molecule has 3 aromatic rings. The van der Waals surface area contributed by atoms with E-state index in [9.17, 15) is 18.8 Å². The number of anilines is 1. The van der Waals surface area contributed by atoms with E-state index in [4.69, 9.17) is 4.42 Å². The van der Waals surface area contributed by atoms with Crippen molar-refractivity contribution in [2.24, 2.45) is 5.92 Å². The molecule has 7 heteroatoms. The molecule has 0 radical (unpaired) electrons. The topological polar surface area (TPSA) is 79.6 Å². The molecule has 1 atom stereocenters. The van der Waals surface area contributed by atoms with Crippen molar-refractivity contribution < 1.29 is 18.4 Å². The van der Waals surface area contributed by atoms with Crippen molar-refractivity contribution in [2.45, 2.75) is 13.0 Å². The second kappa shape index (κ2) is 7.26. The van der Waals surface area contributed by atoms with Crippen LogP contribution in [-0.2, 0) is 16.1 Å². The molecule has 1 N–H and O–H groups in total. The van der Waals surface area contributed by atoms with Crippen LogP contribution in [0.4, 0.5) is 10.1 Å². The molecule has 2 amide bonds. The van der Waals surface area contributed by atoms with Gasteiger partial charge in [0.25, 0.3) is 0 Å². The minimum Gasteiger partial charge on any atom is -0.423 e. The summed E-state index contributed by atoms with van der Waals surface area (Å²) in [5.74, 6) is -1.14. The third kappa shape index (κ3) is 3.78. The fourth-order valence-corrected chi connectivity index (χ4v) is 3.30. The van der Waals surface area contributed by atoms with Crippen LogP contribution in [-0.4, -0.2) is 23.3 Å². The first-order valence-electron chi connectivity index (χ1n) is 8.85. The Morgan fingerprint density at radius 3 is 2.68 bits per heavy atom. The maximum Gasteiger partial charge on any atom is 0.336 e. The number of hydrogen-bond donors (Lipinski definition) is 1. The van der Waals surface area contributed by atoms with Crippen LogP contribution in [0, 0.1) is 11.7 Å². The number of rotatable bonds is 4. The zero-order chi connectivity index (χ0) is 19.7. The Morgan fingerprint density at radius 2 is 1.89 bits per heavy atom. The first-order chi connectivity index (χ1) is 13.5. The molecule has 1 fully saturated rings. The number of amides is 2. The molecule has 0 saturated carbocycles. The monoisotopic (exact) mass is 380 g/mol. The summed E-state index contributed by atoms with van der Waals surface area (Å²) in [7, 11) is 0. The molecule has 2 heterocycles. The Bertz CT molecular complexity index is 1110. The predicted molar refractivity (Wildman–Crippen MR) is 101 cm³/mol. The van der Waals surface area contributed by atoms with E-state index in [1.807, 2.05) is 0 Å². The van der Waals surface area contributed by atoms with Gasteiger partial charge in [-0.15, -0.1) is 0 Å². The lowest BCUT2D eigenvalue weighted by Gasteiger charge is -2.16. The van der Waals surface area contributed by atoms with E-state index in [-0.39, 0.29) is 24.1 Å². The van der Waals surface area contributed by atoms with Crippen molar-refractivity contribution in [3.8, 4) is 0 Å². The fourth-order valence-electron chi connectivity index (χ4n) is 3.30. The number of nitrogens with one attached hydrogen (secondary N) is 1. The van der Waals surface area contributed by atoms with E-state index in [1.54, 1.807) is 41.3 Å². The van der Waals surface area contributed by atoms with Crippen LogP contribution in [0.15, 0.2) is 63.8 Å². The third-order valence-electron chi connectivity index (χ3n) is 4.76. The molecule has 1 saturated heterocycles. The van der Waals surface area contributed by atoms with Crippen LogP contribution < -0.4 is 10.9 Å². The largest absolute Gasteiger partial charge is 0.423 e. The maximum absolute atomic E-state index is 13.0. The zero-order valence-corrected chi connectivity index (χ0v) is 14.9. The molecule has 28 heavy (non-hydrogen) atoms. The quantitative estimate of drug-likeness (QED) is 0.706. The van der Waals surface area contributed by atoms with Gasteiger partial charge in [-0.2, -0.15) is 0 Å². The first-order valence-corrected chi connectivity index (χ1v) is 8.85. The number of likely N-dealkylation sites (tertiary alicyclic amines) is 1. The van der Waals surface area contributed by atoms with E-state index < -0.39 is 11.5 Å². The standard InChI is InChI=1S/C21H17FN2O4/c22-16-4-1-13(2-5-16)11-24-12-15(10-19(24)25)21(27)23-17-6-7-18-14(9-17)3-8-20(26)28-18/h1-9,15H,10-12H2,(H,23,27)/t15-/m1/s1. The second-order valence-electron chi connectivity index (χ2n) is 6.80. The molecular weight excluding hydrogens is 363 g/mol. The summed E-state index contributed by atoms with van der Waals surface area (Å²) in [6, 6.07) is 13.9. The fraction of sp³-hybridized carbons (Fsp3) is 0.190. The van der Waals surface area contributed by atoms with E-state index >= 15 is 0 Å². The molecule has 1 aromatic heterocycles. The van der Waals surface area contributed by atoms with Crippen LogP contribution in [0.3, 0.4) is 0 Å². The molecular formula is C21H17FN2O4. The molecule has 1 aliphatic rings. The van der Waals surface area contributed by atoms with E-state index in [2.05, 4.69) is 5.32 Å². The van der Waals surface area contributed by atoms with Gasteiger partial charge in [0, 0.05) is 36.7 Å². The number of nitrogens with zero attached hydrogens (tertiary/aromatic N) is 1. The second-order valence-corrected chi connectivity index (χ2v) is 6.80. The van der Waals surface area contributed by atoms with E-state index in [0.717, 1.165) is 5.56 Å². The average Bonchev–Trinajstić information content (AvgIpc) is 3.04. The van der Waals surface area contributed by atoms with Gasteiger partial charge < -0.3 is 14.6 Å². The molecule has 1 aliphatic heterocycles. The van der Waals surface area contributed by atoms with Gasteiger partial charge in [0.15, 0.2) is 0 Å². The summed E-state index contributed by atoms with van der Waals surface area (Å²) < 4.78 is 18.1. The molecule has 0 bridgehead atoms. The maximum atomic E-state index is 13.0. The van der Waals surface area contributed by atoms with Crippen LogP contribution in [0.2, 0.25) is 0 Å². The molecule has 2 aromatic carbocycles. The van der Waals surface area contributed by atoms with E-state index in [0.29, 0.717) is 29.7 Å². The number of fused-ring (bicyclic) bond motifs is 1. The minimum atomic E-state index is -0.461. The van der Waals surface area contributed by atoms with Crippen molar-refractivity contribution in [1.82, 2.24) is 4.90 Å².